The van der Waals surface area contributed by atoms with Gasteiger partial charge in [0.25, 0.3) is 0 Å². The molecular weight excluding hydrogens is 210 g/mol. The third-order valence-corrected chi connectivity index (χ3v) is 2.37. The van der Waals surface area contributed by atoms with Crippen LogP contribution in [0.3, 0.4) is 0 Å². The molecule has 0 bridgehead atoms. The number of nitrogens with two attached hydrogens (primary N) is 1. The first kappa shape index (κ1) is 13.6. The second kappa shape index (κ2) is 5.71. The third-order valence-electron chi connectivity index (χ3n) is 2.37. The van der Waals surface area contributed by atoms with Gasteiger partial charge in [-0.15, -0.1) is 0 Å². The molecular formula is C14H23N3. The summed E-state index contributed by atoms with van der Waals surface area (Å²) in [6.07, 6.45) is 0. The summed E-state index contributed by atoms with van der Waals surface area (Å²) < 4.78 is 0. The smallest absolute Gasteiger partial charge is 0.192 e. The number of aliphatic imine (C=N–C) groups is 1. The Hall–Kier alpha value is -1.51. The van der Waals surface area contributed by atoms with Gasteiger partial charge in [0.15, 0.2) is 5.96 Å². The summed E-state index contributed by atoms with van der Waals surface area (Å²) in [5.41, 5.74) is 7.16. The number of nitrogens with zero attached hydrogens (tertiary/aromatic N) is 2. The van der Waals surface area contributed by atoms with E-state index in [9.17, 15) is 0 Å². The van der Waals surface area contributed by atoms with Crippen LogP contribution in [-0.4, -0.2) is 22.9 Å². The van der Waals surface area contributed by atoms with Crippen LogP contribution in [0.4, 0.5) is 0 Å². The van der Waals surface area contributed by atoms with Crippen LogP contribution in [-0.2, 0) is 6.54 Å². The van der Waals surface area contributed by atoms with Crippen molar-refractivity contribution in [3.8, 4) is 0 Å². The fourth-order valence-corrected chi connectivity index (χ4v) is 1.57. The van der Waals surface area contributed by atoms with E-state index < -0.39 is 0 Å². The van der Waals surface area contributed by atoms with Crippen molar-refractivity contribution in [1.29, 1.82) is 0 Å². The van der Waals surface area contributed by atoms with Gasteiger partial charge in [-0.25, -0.2) is 4.99 Å². The fraction of sp³-hybridized carbons (Fsp3) is 0.500. The highest BCUT2D eigenvalue weighted by Crippen LogP contribution is 2.09. The minimum atomic E-state index is -0.131. The van der Waals surface area contributed by atoms with E-state index in [-0.39, 0.29) is 5.54 Å². The van der Waals surface area contributed by atoms with Crippen LogP contribution in [0.25, 0.3) is 0 Å². The van der Waals surface area contributed by atoms with Crippen LogP contribution >= 0.6 is 0 Å². The molecule has 0 aliphatic rings. The van der Waals surface area contributed by atoms with Gasteiger partial charge >= 0.3 is 0 Å². The molecule has 0 spiro atoms. The molecule has 1 rings (SSSR count). The van der Waals surface area contributed by atoms with Gasteiger partial charge in [-0.05, 0) is 33.3 Å². The zero-order valence-electron chi connectivity index (χ0n) is 11.3. The van der Waals surface area contributed by atoms with Gasteiger partial charge in [0.05, 0.1) is 5.54 Å². The van der Waals surface area contributed by atoms with E-state index in [1.807, 2.05) is 18.2 Å². The molecule has 0 saturated heterocycles. The SMILES string of the molecule is CCN(Cc1ccccc1)C(N)=NC(C)(C)C. The van der Waals surface area contributed by atoms with Crippen molar-refractivity contribution in [3.05, 3.63) is 35.9 Å². The normalized spacial score (nSPS) is 12.6. The maximum absolute atomic E-state index is 6.04. The molecule has 0 unspecified atom stereocenters. The minimum Gasteiger partial charge on any atom is -0.370 e. The Morgan fingerprint density at radius 1 is 1.24 bits per heavy atom. The van der Waals surface area contributed by atoms with Gasteiger partial charge in [-0.1, -0.05) is 30.3 Å². The minimum absolute atomic E-state index is 0.131. The van der Waals surface area contributed by atoms with Gasteiger partial charge in [0.2, 0.25) is 0 Å². The molecule has 0 aromatic heterocycles. The van der Waals surface area contributed by atoms with Crippen LogP contribution in [0.15, 0.2) is 35.3 Å². The molecule has 0 heterocycles. The summed E-state index contributed by atoms with van der Waals surface area (Å²) in [7, 11) is 0. The van der Waals surface area contributed by atoms with Crippen LogP contribution in [0, 0.1) is 0 Å². The van der Waals surface area contributed by atoms with Crippen molar-refractivity contribution in [2.24, 2.45) is 10.7 Å². The Bertz CT molecular complexity index is 363. The summed E-state index contributed by atoms with van der Waals surface area (Å²) >= 11 is 0. The van der Waals surface area contributed by atoms with Crippen LogP contribution in [0.1, 0.15) is 33.3 Å². The van der Waals surface area contributed by atoms with E-state index in [4.69, 9.17) is 5.73 Å². The van der Waals surface area contributed by atoms with Crippen molar-refractivity contribution >= 4 is 5.96 Å². The van der Waals surface area contributed by atoms with E-state index in [1.165, 1.54) is 5.56 Å². The van der Waals surface area contributed by atoms with Crippen molar-refractivity contribution in [3.63, 3.8) is 0 Å². The number of hydrogen-bond acceptors (Lipinski definition) is 1. The highest BCUT2D eigenvalue weighted by Gasteiger charge is 2.12. The lowest BCUT2D eigenvalue weighted by Crippen LogP contribution is -2.38. The summed E-state index contributed by atoms with van der Waals surface area (Å²) in [5.74, 6) is 0.615. The highest BCUT2D eigenvalue weighted by molar-refractivity contribution is 5.78. The molecule has 3 nitrogen and oxygen atoms in total. The number of guanidine groups is 1. The first-order valence-electron chi connectivity index (χ1n) is 6.06. The monoisotopic (exact) mass is 233 g/mol. The predicted octanol–water partition coefficient (Wildman–Crippen LogP) is 2.62. The molecule has 0 radical (unpaired) electrons. The first-order chi connectivity index (χ1) is 7.92. The Kier molecular flexibility index (Phi) is 4.55. The van der Waals surface area contributed by atoms with Gasteiger partial charge in [0, 0.05) is 13.1 Å². The van der Waals surface area contributed by atoms with Gasteiger partial charge < -0.3 is 10.6 Å². The maximum atomic E-state index is 6.04. The van der Waals surface area contributed by atoms with Gasteiger partial charge in [-0.3, -0.25) is 0 Å². The third kappa shape index (κ3) is 4.89. The van der Waals surface area contributed by atoms with Crippen LogP contribution < -0.4 is 5.73 Å². The molecule has 0 amide bonds. The maximum Gasteiger partial charge on any atom is 0.192 e. The van der Waals surface area contributed by atoms with Crippen LogP contribution in [0.5, 0.6) is 0 Å². The zero-order valence-corrected chi connectivity index (χ0v) is 11.3. The molecule has 0 atom stereocenters. The standard InChI is InChI=1S/C14H23N3/c1-5-17(13(15)16-14(2,3)4)11-12-9-7-6-8-10-12/h6-10H,5,11H2,1-4H3,(H2,15,16). The highest BCUT2D eigenvalue weighted by atomic mass is 15.3. The van der Waals surface area contributed by atoms with E-state index in [0.29, 0.717) is 5.96 Å². The largest absolute Gasteiger partial charge is 0.370 e. The lowest BCUT2D eigenvalue weighted by Gasteiger charge is -2.24. The molecule has 3 heteroatoms. The van der Waals surface area contributed by atoms with E-state index in [0.717, 1.165) is 13.1 Å². The summed E-state index contributed by atoms with van der Waals surface area (Å²) in [6, 6.07) is 10.3. The number of rotatable bonds is 3. The quantitative estimate of drug-likeness (QED) is 0.644. The van der Waals surface area contributed by atoms with Gasteiger partial charge in [-0.2, -0.15) is 0 Å². The van der Waals surface area contributed by atoms with Crippen LogP contribution in [0.2, 0.25) is 0 Å². The summed E-state index contributed by atoms with van der Waals surface area (Å²) in [4.78, 5) is 6.58. The molecule has 2 N–H and O–H groups in total. The van der Waals surface area contributed by atoms with Crippen molar-refractivity contribution in [2.75, 3.05) is 6.54 Å². The Morgan fingerprint density at radius 2 is 1.82 bits per heavy atom. The van der Waals surface area contributed by atoms with E-state index in [1.54, 1.807) is 0 Å². The fourth-order valence-electron chi connectivity index (χ4n) is 1.57. The average Bonchev–Trinajstić information content (AvgIpc) is 2.24. The molecule has 0 aliphatic carbocycles. The van der Waals surface area contributed by atoms with Crippen molar-refractivity contribution in [1.82, 2.24) is 4.90 Å². The van der Waals surface area contributed by atoms with Crippen molar-refractivity contribution in [2.45, 2.75) is 39.8 Å². The molecule has 1 aromatic rings. The molecule has 17 heavy (non-hydrogen) atoms. The summed E-state index contributed by atoms with van der Waals surface area (Å²) in [6.45, 7) is 9.92. The molecule has 0 aliphatic heterocycles. The lowest BCUT2D eigenvalue weighted by molar-refractivity contribution is 0.419. The second-order valence-electron chi connectivity index (χ2n) is 5.14. The predicted molar refractivity (Wildman–Crippen MR) is 73.9 cm³/mol. The van der Waals surface area contributed by atoms with Gasteiger partial charge in [0.1, 0.15) is 0 Å². The Balaban J connectivity index is 2.76. The van der Waals surface area contributed by atoms with E-state index in [2.05, 4.69) is 49.7 Å². The zero-order chi connectivity index (χ0) is 12.9. The average molecular weight is 233 g/mol. The topological polar surface area (TPSA) is 41.6 Å². The summed E-state index contributed by atoms with van der Waals surface area (Å²) in [5, 5.41) is 0. The lowest BCUT2D eigenvalue weighted by atomic mass is 10.1. The van der Waals surface area contributed by atoms with Crippen molar-refractivity contribution < 1.29 is 0 Å². The molecule has 0 saturated carbocycles. The molecule has 94 valence electrons. The van der Waals surface area contributed by atoms with E-state index >= 15 is 0 Å². The Morgan fingerprint density at radius 3 is 2.29 bits per heavy atom. The number of benzene rings is 1. The molecule has 1 aromatic carbocycles. The molecule has 0 fully saturated rings. The number of hydrogen-bond donors (Lipinski definition) is 1. The Labute approximate surface area is 104 Å². The first-order valence-corrected chi connectivity index (χ1v) is 6.06. The second-order valence-corrected chi connectivity index (χ2v) is 5.14.